The molecule has 0 aliphatic heterocycles. The molecule has 1 unspecified atom stereocenters. The van der Waals surface area contributed by atoms with E-state index in [4.69, 9.17) is 0 Å². The monoisotopic (exact) mass is 337 g/mol. The predicted molar refractivity (Wildman–Crippen MR) is 113 cm³/mol. The normalized spacial score (nSPS) is 13.8. The van der Waals surface area contributed by atoms with E-state index >= 15 is 0 Å². The van der Waals surface area contributed by atoms with Crippen molar-refractivity contribution in [2.24, 2.45) is 0 Å². The molecule has 1 aromatic carbocycles. The maximum Gasteiger partial charge on any atom is 0.000690 e. The Kier molecular flexibility index (Phi) is 10.4. The van der Waals surface area contributed by atoms with Gasteiger partial charge in [-0.2, -0.15) is 0 Å². The highest BCUT2D eigenvalue weighted by atomic mass is 14.8. The van der Waals surface area contributed by atoms with Crippen LogP contribution in [0.4, 0.5) is 0 Å². The van der Waals surface area contributed by atoms with Crippen LogP contribution in [0.1, 0.15) is 71.8 Å². The van der Waals surface area contributed by atoms with Crippen molar-refractivity contribution in [3.05, 3.63) is 83.2 Å². The molecule has 25 heavy (non-hydrogen) atoms. The Morgan fingerprint density at radius 2 is 1.56 bits per heavy atom. The molecule has 0 radical (unpaired) electrons. The van der Waals surface area contributed by atoms with Crippen molar-refractivity contribution in [1.29, 1.82) is 0 Å². The molecule has 0 aromatic heterocycles. The molecular weight excluding hydrogens is 302 g/mol. The molecule has 0 bridgehead atoms. The molecule has 1 heteroatoms. The highest BCUT2D eigenvalue weighted by Gasteiger charge is 1.98. The SMILES string of the molecule is CC(C)=CCC/C(C)=C/CC/C(C)=C/N/C=C/C(C)c1ccccc1. The van der Waals surface area contributed by atoms with Crippen molar-refractivity contribution in [2.75, 3.05) is 0 Å². The van der Waals surface area contributed by atoms with Crippen LogP contribution in [-0.2, 0) is 0 Å². The summed E-state index contributed by atoms with van der Waals surface area (Å²) in [6.07, 6.45) is 15.6. The van der Waals surface area contributed by atoms with Gasteiger partial charge in [-0.1, -0.05) is 72.2 Å². The van der Waals surface area contributed by atoms with Crippen molar-refractivity contribution < 1.29 is 0 Å². The van der Waals surface area contributed by atoms with E-state index in [0.717, 1.165) is 19.3 Å². The second-order valence-electron chi connectivity index (χ2n) is 7.13. The third-order valence-electron chi connectivity index (χ3n) is 4.26. The van der Waals surface area contributed by atoms with Gasteiger partial charge >= 0.3 is 0 Å². The minimum absolute atomic E-state index is 0.425. The largest absolute Gasteiger partial charge is 0.368 e. The summed E-state index contributed by atoms with van der Waals surface area (Å²) in [4.78, 5) is 0. The van der Waals surface area contributed by atoms with Crippen molar-refractivity contribution in [1.82, 2.24) is 5.32 Å². The minimum atomic E-state index is 0.425. The molecular formula is C24H35N. The topological polar surface area (TPSA) is 12.0 Å². The van der Waals surface area contributed by atoms with Crippen LogP contribution in [0.25, 0.3) is 0 Å². The smallest absolute Gasteiger partial charge is 0.000690 e. The van der Waals surface area contributed by atoms with Gasteiger partial charge in [-0.3, -0.25) is 0 Å². The van der Waals surface area contributed by atoms with Crippen molar-refractivity contribution in [3.63, 3.8) is 0 Å². The van der Waals surface area contributed by atoms with Gasteiger partial charge in [0, 0.05) is 5.92 Å². The summed E-state index contributed by atoms with van der Waals surface area (Å²) in [5.74, 6) is 0.425. The number of hydrogen-bond donors (Lipinski definition) is 1. The van der Waals surface area contributed by atoms with Crippen LogP contribution in [0.3, 0.4) is 0 Å². The van der Waals surface area contributed by atoms with E-state index in [1.807, 2.05) is 6.20 Å². The molecule has 0 spiro atoms. The molecule has 1 rings (SSSR count). The minimum Gasteiger partial charge on any atom is -0.368 e. The summed E-state index contributed by atoms with van der Waals surface area (Å²) in [6, 6.07) is 10.6. The molecule has 1 atom stereocenters. The van der Waals surface area contributed by atoms with Crippen LogP contribution in [0, 0.1) is 0 Å². The van der Waals surface area contributed by atoms with Crippen molar-refractivity contribution >= 4 is 0 Å². The molecule has 0 saturated carbocycles. The van der Waals surface area contributed by atoms with E-state index in [1.165, 1.54) is 28.7 Å². The third kappa shape index (κ3) is 10.4. The Balaban J connectivity index is 2.29. The Labute approximate surface area is 155 Å². The first kappa shape index (κ1) is 21.0. The zero-order valence-electron chi connectivity index (χ0n) is 16.7. The first-order valence-corrected chi connectivity index (χ1v) is 9.41. The molecule has 1 aromatic rings. The van der Waals surface area contributed by atoms with Gasteiger partial charge in [0.2, 0.25) is 0 Å². The molecule has 0 aliphatic carbocycles. The second kappa shape index (κ2) is 12.4. The number of benzene rings is 1. The van der Waals surface area contributed by atoms with Crippen LogP contribution in [-0.4, -0.2) is 0 Å². The van der Waals surface area contributed by atoms with E-state index in [-0.39, 0.29) is 0 Å². The zero-order chi connectivity index (χ0) is 18.5. The molecule has 1 nitrogen and oxygen atoms in total. The maximum atomic E-state index is 3.30. The number of nitrogens with one attached hydrogen (secondary N) is 1. The second-order valence-corrected chi connectivity index (χ2v) is 7.13. The zero-order valence-corrected chi connectivity index (χ0v) is 16.7. The van der Waals surface area contributed by atoms with Crippen LogP contribution >= 0.6 is 0 Å². The van der Waals surface area contributed by atoms with Gasteiger partial charge in [0.25, 0.3) is 0 Å². The van der Waals surface area contributed by atoms with E-state index in [2.05, 4.69) is 94.7 Å². The Bertz CT molecular complexity index is 598. The molecule has 0 aliphatic rings. The quantitative estimate of drug-likeness (QED) is 0.443. The van der Waals surface area contributed by atoms with Crippen LogP contribution in [0.2, 0.25) is 0 Å². The summed E-state index contributed by atoms with van der Waals surface area (Å²) in [5.41, 5.74) is 5.63. The van der Waals surface area contributed by atoms with Crippen LogP contribution in [0.15, 0.2) is 77.7 Å². The molecule has 0 fully saturated rings. The van der Waals surface area contributed by atoms with Gasteiger partial charge in [-0.25, -0.2) is 0 Å². The summed E-state index contributed by atoms with van der Waals surface area (Å²) in [5, 5.41) is 3.30. The van der Waals surface area contributed by atoms with Gasteiger partial charge in [-0.05, 0) is 71.3 Å². The lowest BCUT2D eigenvalue weighted by Gasteiger charge is -2.06. The molecule has 0 saturated heterocycles. The first-order valence-electron chi connectivity index (χ1n) is 9.41. The van der Waals surface area contributed by atoms with Gasteiger partial charge in [-0.15, -0.1) is 0 Å². The fourth-order valence-corrected chi connectivity index (χ4v) is 2.57. The third-order valence-corrected chi connectivity index (χ3v) is 4.26. The summed E-state index contributed by atoms with van der Waals surface area (Å²) < 4.78 is 0. The number of rotatable bonds is 10. The summed E-state index contributed by atoms with van der Waals surface area (Å²) >= 11 is 0. The van der Waals surface area contributed by atoms with Crippen LogP contribution < -0.4 is 5.32 Å². The van der Waals surface area contributed by atoms with E-state index in [1.54, 1.807) is 0 Å². The van der Waals surface area contributed by atoms with Gasteiger partial charge in [0.05, 0.1) is 0 Å². The van der Waals surface area contributed by atoms with Gasteiger partial charge < -0.3 is 5.32 Å². The Morgan fingerprint density at radius 3 is 2.24 bits per heavy atom. The predicted octanol–water partition coefficient (Wildman–Crippen LogP) is 7.27. The standard InChI is InChI=1S/C24H35N/c1-20(2)11-9-12-21(3)13-10-14-22(4)19-25-18-17-23(5)24-15-7-6-8-16-24/h6-8,11,13,15-19,23,25H,9-10,12,14H2,1-5H3/b18-17+,21-13+,22-19+. The molecule has 1 N–H and O–H groups in total. The van der Waals surface area contributed by atoms with E-state index < -0.39 is 0 Å². The maximum absolute atomic E-state index is 3.30. The van der Waals surface area contributed by atoms with Crippen molar-refractivity contribution in [3.8, 4) is 0 Å². The van der Waals surface area contributed by atoms with Gasteiger partial charge in [0.1, 0.15) is 0 Å². The number of allylic oxidation sites excluding steroid dienone is 6. The average molecular weight is 338 g/mol. The Morgan fingerprint density at radius 1 is 0.920 bits per heavy atom. The van der Waals surface area contributed by atoms with Crippen LogP contribution in [0.5, 0.6) is 0 Å². The fraction of sp³-hybridized carbons (Fsp3) is 0.417. The Hall–Kier alpha value is -2.02. The first-order chi connectivity index (χ1) is 12.0. The van der Waals surface area contributed by atoms with E-state index in [0.29, 0.717) is 5.92 Å². The lowest BCUT2D eigenvalue weighted by molar-refractivity contribution is 0.908. The van der Waals surface area contributed by atoms with E-state index in [9.17, 15) is 0 Å². The summed E-state index contributed by atoms with van der Waals surface area (Å²) in [6.45, 7) is 11.0. The van der Waals surface area contributed by atoms with Gasteiger partial charge in [0.15, 0.2) is 0 Å². The summed E-state index contributed by atoms with van der Waals surface area (Å²) in [7, 11) is 0. The fourth-order valence-electron chi connectivity index (χ4n) is 2.57. The number of hydrogen-bond acceptors (Lipinski definition) is 1. The average Bonchev–Trinajstić information content (AvgIpc) is 2.59. The van der Waals surface area contributed by atoms with Crippen molar-refractivity contribution in [2.45, 2.75) is 66.2 Å². The molecule has 0 heterocycles. The lowest BCUT2D eigenvalue weighted by Crippen LogP contribution is -1.96. The highest BCUT2D eigenvalue weighted by molar-refractivity contribution is 5.22. The molecule has 0 amide bonds. The molecule has 136 valence electrons. The highest BCUT2D eigenvalue weighted by Crippen LogP contribution is 2.15. The lowest BCUT2D eigenvalue weighted by atomic mass is 10.0.